The second-order valence-electron chi connectivity index (χ2n) is 7.74. The Labute approximate surface area is 123 Å². The third-order valence-corrected chi connectivity index (χ3v) is 6.19. The van der Waals surface area contributed by atoms with Crippen molar-refractivity contribution in [3.63, 3.8) is 0 Å². The van der Waals surface area contributed by atoms with Crippen LogP contribution >= 0.6 is 0 Å². The molecule has 3 aliphatic rings. The van der Waals surface area contributed by atoms with Crippen LogP contribution in [0, 0.1) is 17.8 Å². The van der Waals surface area contributed by atoms with Gasteiger partial charge in [-0.2, -0.15) is 0 Å². The van der Waals surface area contributed by atoms with E-state index in [2.05, 4.69) is 30.7 Å². The number of hydrogen-bond donors (Lipinski definition) is 0. The Morgan fingerprint density at radius 3 is 2.60 bits per heavy atom. The van der Waals surface area contributed by atoms with E-state index in [1.807, 2.05) is 0 Å². The lowest BCUT2D eigenvalue weighted by Crippen LogP contribution is -2.47. The Bertz CT molecular complexity index is 370. The van der Waals surface area contributed by atoms with Gasteiger partial charge in [-0.1, -0.05) is 0 Å². The van der Waals surface area contributed by atoms with Crippen molar-refractivity contribution in [1.29, 1.82) is 0 Å². The quantitative estimate of drug-likeness (QED) is 0.775. The van der Waals surface area contributed by atoms with Crippen molar-refractivity contribution < 1.29 is 4.79 Å². The van der Waals surface area contributed by atoms with E-state index < -0.39 is 0 Å². The van der Waals surface area contributed by atoms with Crippen LogP contribution in [-0.4, -0.2) is 54.3 Å². The monoisotopic (exact) mass is 278 g/mol. The van der Waals surface area contributed by atoms with Crippen molar-refractivity contribution in [2.75, 3.05) is 26.7 Å². The number of Topliss-reactive ketones (excluding diaryl/α,β-unsaturated/α-hetero) is 1. The van der Waals surface area contributed by atoms with Crippen molar-refractivity contribution in [2.24, 2.45) is 17.8 Å². The maximum atomic E-state index is 11.6. The zero-order chi connectivity index (χ0) is 14.3. The minimum atomic E-state index is 0.444. The van der Waals surface area contributed by atoms with Crippen LogP contribution in [0.3, 0.4) is 0 Å². The summed E-state index contributed by atoms with van der Waals surface area (Å²) in [6.07, 6.45) is 6.34. The zero-order valence-electron chi connectivity index (χ0n) is 13.3. The highest BCUT2D eigenvalue weighted by Gasteiger charge is 2.38. The fourth-order valence-electron chi connectivity index (χ4n) is 4.77. The second-order valence-corrected chi connectivity index (χ2v) is 7.74. The fraction of sp³-hybridized carbons (Fsp3) is 0.941. The smallest absolute Gasteiger partial charge is 0.148 e. The van der Waals surface area contributed by atoms with Crippen LogP contribution in [0.25, 0.3) is 0 Å². The van der Waals surface area contributed by atoms with Crippen molar-refractivity contribution in [3.05, 3.63) is 0 Å². The largest absolute Gasteiger partial charge is 0.303 e. The van der Waals surface area contributed by atoms with E-state index in [4.69, 9.17) is 0 Å². The van der Waals surface area contributed by atoms with Crippen LogP contribution in [0.4, 0.5) is 0 Å². The summed E-state index contributed by atoms with van der Waals surface area (Å²) in [5.74, 6) is 3.15. The number of carbonyl (C=O) groups is 1. The van der Waals surface area contributed by atoms with Gasteiger partial charge in [0.25, 0.3) is 0 Å². The lowest BCUT2D eigenvalue weighted by Gasteiger charge is -2.46. The highest BCUT2D eigenvalue weighted by molar-refractivity contribution is 5.83. The molecule has 0 aromatic rings. The summed E-state index contributed by atoms with van der Waals surface area (Å²) in [4.78, 5) is 16.5. The molecule has 0 spiro atoms. The van der Waals surface area contributed by atoms with E-state index in [9.17, 15) is 4.79 Å². The molecule has 20 heavy (non-hydrogen) atoms. The van der Waals surface area contributed by atoms with E-state index in [-0.39, 0.29) is 0 Å². The topological polar surface area (TPSA) is 23.6 Å². The maximum absolute atomic E-state index is 11.6. The minimum absolute atomic E-state index is 0.444. The molecule has 1 saturated carbocycles. The molecule has 0 aromatic carbocycles. The molecule has 2 saturated heterocycles. The van der Waals surface area contributed by atoms with Crippen LogP contribution in [-0.2, 0) is 4.79 Å². The van der Waals surface area contributed by atoms with Crippen molar-refractivity contribution >= 4 is 5.78 Å². The molecule has 0 amide bonds. The first kappa shape index (κ1) is 14.5. The van der Waals surface area contributed by atoms with Gasteiger partial charge in [-0.3, -0.25) is 9.69 Å². The summed E-state index contributed by atoms with van der Waals surface area (Å²) in [6.45, 7) is 7.78. The Kier molecular flexibility index (Phi) is 4.19. The number of carbonyl (C=O) groups excluding carboxylic acids is 1. The van der Waals surface area contributed by atoms with Gasteiger partial charge in [0.2, 0.25) is 0 Å². The van der Waals surface area contributed by atoms with Crippen LogP contribution in [0.15, 0.2) is 0 Å². The van der Waals surface area contributed by atoms with Gasteiger partial charge in [-0.25, -0.2) is 0 Å². The highest BCUT2D eigenvalue weighted by atomic mass is 16.1. The molecular weight excluding hydrogens is 248 g/mol. The molecule has 1 aliphatic carbocycles. The average molecular weight is 278 g/mol. The summed E-state index contributed by atoms with van der Waals surface area (Å²) < 4.78 is 0. The summed E-state index contributed by atoms with van der Waals surface area (Å²) in [5.41, 5.74) is 0. The first-order valence-electron chi connectivity index (χ1n) is 8.49. The Hall–Kier alpha value is -0.410. The SMILES string of the molecule is CC1CC2CC(CN3CC(=O)CC3C)CCC2CN1C. The van der Waals surface area contributed by atoms with Gasteiger partial charge in [-0.05, 0) is 64.3 Å². The van der Waals surface area contributed by atoms with Gasteiger partial charge < -0.3 is 4.90 Å². The molecule has 114 valence electrons. The van der Waals surface area contributed by atoms with Gasteiger partial charge in [0.1, 0.15) is 5.78 Å². The third-order valence-electron chi connectivity index (χ3n) is 6.19. The van der Waals surface area contributed by atoms with Gasteiger partial charge in [0.05, 0.1) is 6.54 Å². The summed E-state index contributed by atoms with van der Waals surface area (Å²) >= 11 is 0. The van der Waals surface area contributed by atoms with E-state index in [1.54, 1.807) is 0 Å². The van der Waals surface area contributed by atoms with Crippen molar-refractivity contribution in [2.45, 2.75) is 58.0 Å². The van der Waals surface area contributed by atoms with Gasteiger partial charge in [0.15, 0.2) is 0 Å². The predicted molar refractivity (Wildman–Crippen MR) is 81.7 cm³/mol. The predicted octanol–water partition coefficient (Wildman–Crippen LogP) is 2.41. The van der Waals surface area contributed by atoms with Crippen molar-refractivity contribution in [1.82, 2.24) is 9.80 Å². The lowest BCUT2D eigenvalue weighted by molar-refractivity contribution is -0.117. The highest BCUT2D eigenvalue weighted by Crippen LogP contribution is 2.41. The van der Waals surface area contributed by atoms with Gasteiger partial charge in [-0.15, -0.1) is 0 Å². The Balaban J connectivity index is 1.55. The molecule has 5 unspecified atom stereocenters. The Morgan fingerprint density at radius 1 is 1.10 bits per heavy atom. The second kappa shape index (κ2) is 5.76. The number of fused-ring (bicyclic) bond motifs is 1. The first-order valence-corrected chi connectivity index (χ1v) is 8.49. The fourth-order valence-corrected chi connectivity index (χ4v) is 4.77. The normalized spacial score (nSPS) is 43.8. The minimum Gasteiger partial charge on any atom is -0.303 e. The number of likely N-dealkylation sites (tertiary alicyclic amines) is 2. The molecule has 3 heteroatoms. The standard InChI is InChI=1S/C17H30N2O/c1-12-6-16-8-14(4-5-15(16)10-18(12)3)9-19-11-17(20)7-13(19)2/h12-16H,4-11H2,1-3H3. The lowest BCUT2D eigenvalue weighted by atomic mass is 9.69. The molecule has 3 nitrogen and oxygen atoms in total. The maximum Gasteiger partial charge on any atom is 0.148 e. The van der Waals surface area contributed by atoms with E-state index in [0.717, 1.165) is 30.2 Å². The molecular formula is C17H30N2O. The van der Waals surface area contributed by atoms with Gasteiger partial charge in [0, 0.05) is 31.6 Å². The van der Waals surface area contributed by atoms with Crippen LogP contribution in [0.2, 0.25) is 0 Å². The van der Waals surface area contributed by atoms with Crippen LogP contribution < -0.4 is 0 Å². The molecule has 3 rings (SSSR count). The Morgan fingerprint density at radius 2 is 1.90 bits per heavy atom. The third kappa shape index (κ3) is 2.94. The number of nitrogens with zero attached hydrogens (tertiary/aromatic N) is 2. The number of hydrogen-bond acceptors (Lipinski definition) is 3. The van der Waals surface area contributed by atoms with Gasteiger partial charge >= 0.3 is 0 Å². The molecule has 3 fully saturated rings. The number of rotatable bonds is 2. The number of piperidine rings is 1. The van der Waals surface area contributed by atoms with Crippen LogP contribution in [0.5, 0.6) is 0 Å². The van der Waals surface area contributed by atoms with E-state index >= 15 is 0 Å². The van der Waals surface area contributed by atoms with E-state index in [1.165, 1.54) is 38.8 Å². The average Bonchev–Trinajstić information content (AvgIpc) is 2.70. The molecule has 0 N–H and O–H groups in total. The summed E-state index contributed by atoms with van der Waals surface area (Å²) in [6, 6.07) is 1.24. The molecule has 0 radical (unpaired) electrons. The summed E-state index contributed by atoms with van der Waals surface area (Å²) in [5, 5.41) is 0. The molecule has 5 atom stereocenters. The van der Waals surface area contributed by atoms with Crippen molar-refractivity contribution in [3.8, 4) is 0 Å². The first-order chi connectivity index (χ1) is 9.52. The van der Waals surface area contributed by atoms with E-state index in [0.29, 0.717) is 18.4 Å². The summed E-state index contributed by atoms with van der Waals surface area (Å²) in [7, 11) is 2.28. The number of ketones is 1. The van der Waals surface area contributed by atoms with Crippen LogP contribution in [0.1, 0.15) is 46.0 Å². The zero-order valence-corrected chi connectivity index (χ0v) is 13.3. The molecule has 2 heterocycles. The molecule has 0 bridgehead atoms. The molecule has 0 aromatic heterocycles. The molecule has 2 aliphatic heterocycles.